The monoisotopic (exact) mass is 497 g/mol. The summed E-state index contributed by atoms with van der Waals surface area (Å²) in [5.74, 6) is -0.272. The van der Waals surface area contributed by atoms with Crippen molar-refractivity contribution in [1.29, 1.82) is 0 Å². The Balaban J connectivity index is 1.22. The predicted molar refractivity (Wildman–Crippen MR) is 156 cm³/mol. The largest absolute Gasteiger partial charge is 0.460 e. The minimum Gasteiger partial charge on any atom is -0.460 e. The van der Waals surface area contributed by atoms with E-state index in [0.717, 1.165) is 24.1 Å². The van der Waals surface area contributed by atoms with Gasteiger partial charge in [0, 0.05) is 5.69 Å². The van der Waals surface area contributed by atoms with Gasteiger partial charge in [-0.1, -0.05) is 121 Å². The van der Waals surface area contributed by atoms with Gasteiger partial charge in [-0.2, -0.15) is 0 Å². The van der Waals surface area contributed by atoms with Crippen LogP contribution < -0.4 is 5.32 Å². The van der Waals surface area contributed by atoms with Crippen molar-refractivity contribution in [1.82, 2.24) is 0 Å². The van der Waals surface area contributed by atoms with Gasteiger partial charge in [0.15, 0.2) is 0 Å². The van der Waals surface area contributed by atoms with Crippen molar-refractivity contribution in [2.45, 2.75) is 19.4 Å². The van der Waals surface area contributed by atoms with Crippen LogP contribution in [0.25, 0.3) is 22.3 Å². The molecule has 0 bridgehead atoms. The molecule has 0 heterocycles. The van der Waals surface area contributed by atoms with E-state index in [0.29, 0.717) is 0 Å². The van der Waals surface area contributed by atoms with Crippen molar-refractivity contribution >= 4 is 11.7 Å². The van der Waals surface area contributed by atoms with Gasteiger partial charge in [0.1, 0.15) is 13.2 Å². The van der Waals surface area contributed by atoms with Crippen molar-refractivity contribution in [2.24, 2.45) is 0 Å². The van der Waals surface area contributed by atoms with Crippen LogP contribution in [0.1, 0.15) is 16.7 Å². The van der Waals surface area contributed by atoms with Crippen LogP contribution in [0, 0.1) is 0 Å². The number of rotatable bonds is 10. The average Bonchev–Trinajstić information content (AvgIpc) is 2.99. The third-order valence-electron chi connectivity index (χ3n) is 6.56. The Morgan fingerprint density at radius 1 is 0.553 bits per heavy atom. The van der Waals surface area contributed by atoms with E-state index in [1.165, 1.54) is 33.4 Å². The van der Waals surface area contributed by atoms with Gasteiger partial charge in [0.25, 0.3) is 0 Å². The Kier molecular flexibility index (Phi) is 8.27. The number of anilines is 1. The van der Waals surface area contributed by atoms with Gasteiger partial charge in [0.05, 0.1) is 0 Å². The van der Waals surface area contributed by atoms with Gasteiger partial charge in [-0.05, 0) is 63.9 Å². The number of benzene rings is 5. The van der Waals surface area contributed by atoms with Crippen molar-refractivity contribution in [2.75, 3.05) is 11.9 Å². The summed E-state index contributed by atoms with van der Waals surface area (Å²) in [7, 11) is 0. The van der Waals surface area contributed by atoms with Gasteiger partial charge >= 0.3 is 5.97 Å². The molecule has 0 amide bonds. The van der Waals surface area contributed by atoms with Crippen molar-refractivity contribution < 1.29 is 9.53 Å². The maximum absolute atomic E-state index is 12.2. The minimum atomic E-state index is -0.272. The van der Waals surface area contributed by atoms with Gasteiger partial charge < -0.3 is 10.1 Å². The molecule has 0 atom stereocenters. The summed E-state index contributed by atoms with van der Waals surface area (Å²) < 4.78 is 5.37. The quantitative estimate of drug-likeness (QED) is 0.199. The number of carbonyl (C=O) groups excluding carboxylic acids is 1. The third kappa shape index (κ3) is 6.77. The number of ether oxygens (including phenoxy) is 1. The van der Waals surface area contributed by atoms with E-state index in [1.54, 1.807) is 0 Å². The third-order valence-corrected chi connectivity index (χ3v) is 6.56. The fourth-order valence-electron chi connectivity index (χ4n) is 4.56. The zero-order valence-corrected chi connectivity index (χ0v) is 21.3. The number of carbonyl (C=O) groups is 1. The molecule has 0 saturated carbocycles. The lowest BCUT2D eigenvalue weighted by molar-refractivity contribution is -0.142. The fraction of sp³-hybridized carbons (Fsp3) is 0.114. The minimum absolute atomic E-state index is 0.137. The van der Waals surface area contributed by atoms with Crippen LogP contribution in [0.3, 0.4) is 0 Å². The lowest BCUT2D eigenvalue weighted by Crippen LogP contribution is -2.16. The van der Waals surface area contributed by atoms with Crippen LogP contribution in [0.5, 0.6) is 0 Å². The highest BCUT2D eigenvalue weighted by Gasteiger charge is 2.09. The maximum atomic E-state index is 12.2. The molecule has 0 aliphatic heterocycles. The number of hydrogen-bond acceptors (Lipinski definition) is 3. The number of hydrogen-bond donors (Lipinski definition) is 1. The standard InChI is InChI=1S/C35H31NO2/c37-35(38-26-29-11-4-1-5-12-29)25-36-32-18-10-13-27(23-32)19-20-28-21-22-33(30-14-6-2-7-15-30)34(24-28)31-16-8-3-9-17-31/h1-18,21-24,36H,19-20,25-26H2. The van der Waals surface area contributed by atoms with E-state index in [-0.39, 0.29) is 19.1 Å². The summed E-state index contributed by atoms with van der Waals surface area (Å²) in [5, 5.41) is 3.20. The summed E-state index contributed by atoms with van der Waals surface area (Å²) >= 11 is 0. The highest BCUT2D eigenvalue weighted by atomic mass is 16.5. The van der Waals surface area contributed by atoms with Gasteiger partial charge in [0.2, 0.25) is 0 Å². The van der Waals surface area contributed by atoms with E-state index in [4.69, 9.17) is 4.74 Å². The van der Waals surface area contributed by atoms with Crippen LogP contribution in [-0.4, -0.2) is 12.5 Å². The number of nitrogens with one attached hydrogen (secondary N) is 1. The molecule has 0 aliphatic rings. The first-order chi connectivity index (χ1) is 18.7. The zero-order valence-electron chi connectivity index (χ0n) is 21.3. The molecule has 188 valence electrons. The SMILES string of the molecule is O=C(CNc1cccc(CCc2ccc(-c3ccccc3)c(-c3ccccc3)c2)c1)OCc1ccccc1. The first-order valence-electron chi connectivity index (χ1n) is 13.0. The Labute approximate surface area is 224 Å². The molecule has 0 spiro atoms. The first kappa shape index (κ1) is 25.0. The summed E-state index contributed by atoms with van der Waals surface area (Å²) in [5.41, 5.74) is 9.35. The molecule has 0 aromatic heterocycles. The molecule has 3 heteroatoms. The molecule has 0 aliphatic carbocycles. The Hall–Kier alpha value is -4.63. The lowest BCUT2D eigenvalue weighted by atomic mass is 9.91. The zero-order chi connectivity index (χ0) is 26.0. The molecule has 0 saturated heterocycles. The summed E-state index contributed by atoms with van der Waals surface area (Å²) in [6, 6.07) is 45.9. The van der Waals surface area contributed by atoms with E-state index in [9.17, 15) is 4.79 Å². The summed E-state index contributed by atoms with van der Waals surface area (Å²) in [4.78, 5) is 12.2. The molecule has 5 aromatic rings. The molecule has 0 radical (unpaired) electrons. The van der Waals surface area contributed by atoms with Crippen molar-refractivity contribution in [3.8, 4) is 22.3 Å². The second-order valence-electron chi connectivity index (χ2n) is 9.31. The van der Waals surface area contributed by atoms with Gasteiger partial charge in [-0.15, -0.1) is 0 Å². The van der Waals surface area contributed by atoms with Crippen molar-refractivity contribution in [3.05, 3.63) is 150 Å². The Morgan fingerprint density at radius 2 is 1.13 bits per heavy atom. The molecular weight excluding hydrogens is 466 g/mol. The van der Waals surface area contributed by atoms with E-state index >= 15 is 0 Å². The smallest absolute Gasteiger partial charge is 0.325 e. The molecular formula is C35H31NO2. The van der Waals surface area contributed by atoms with Gasteiger partial charge in [-0.3, -0.25) is 4.79 Å². The maximum Gasteiger partial charge on any atom is 0.325 e. The van der Waals surface area contributed by atoms with E-state index in [1.807, 2.05) is 42.5 Å². The second-order valence-corrected chi connectivity index (χ2v) is 9.31. The summed E-state index contributed by atoms with van der Waals surface area (Å²) in [6.07, 6.45) is 1.84. The van der Waals surface area contributed by atoms with Crippen molar-refractivity contribution in [3.63, 3.8) is 0 Å². The molecule has 0 fully saturated rings. The Morgan fingerprint density at radius 3 is 1.82 bits per heavy atom. The topological polar surface area (TPSA) is 38.3 Å². The highest BCUT2D eigenvalue weighted by Crippen LogP contribution is 2.33. The summed E-state index contributed by atoms with van der Waals surface area (Å²) in [6.45, 7) is 0.424. The normalized spacial score (nSPS) is 10.6. The first-order valence-corrected chi connectivity index (χ1v) is 13.0. The number of aryl methyl sites for hydroxylation is 2. The molecule has 1 N–H and O–H groups in total. The van der Waals surface area contributed by atoms with Crippen LogP contribution in [-0.2, 0) is 29.0 Å². The lowest BCUT2D eigenvalue weighted by Gasteiger charge is -2.13. The molecule has 3 nitrogen and oxygen atoms in total. The van der Waals surface area contributed by atoms with Crippen LogP contribution in [0.2, 0.25) is 0 Å². The molecule has 5 aromatic carbocycles. The van der Waals surface area contributed by atoms with Crippen LogP contribution in [0.15, 0.2) is 133 Å². The molecule has 5 rings (SSSR count). The second kappa shape index (κ2) is 12.6. The highest BCUT2D eigenvalue weighted by molar-refractivity contribution is 5.84. The predicted octanol–water partition coefficient (Wildman–Crippen LogP) is 7.96. The number of esters is 1. The average molecular weight is 498 g/mol. The van der Waals surface area contributed by atoms with Crippen LogP contribution in [0.4, 0.5) is 5.69 Å². The fourth-order valence-corrected chi connectivity index (χ4v) is 4.56. The molecule has 38 heavy (non-hydrogen) atoms. The molecule has 0 unspecified atom stereocenters. The van der Waals surface area contributed by atoms with Gasteiger partial charge in [-0.25, -0.2) is 0 Å². The van der Waals surface area contributed by atoms with E-state index in [2.05, 4.69) is 96.3 Å². The Bertz CT molecular complexity index is 1460. The van der Waals surface area contributed by atoms with E-state index < -0.39 is 0 Å². The van der Waals surface area contributed by atoms with Crippen LogP contribution >= 0.6 is 0 Å².